The van der Waals surface area contributed by atoms with Crippen molar-refractivity contribution in [3.05, 3.63) is 18.2 Å². The minimum atomic E-state index is -0.182. The van der Waals surface area contributed by atoms with Gasteiger partial charge in [-0.15, -0.1) is 10.2 Å². The van der Waals surface area contributed by atoms with E-state index in [1.165, 1.54) is 34.9 Å². The van der Waals surface area contributed by atoms with E-state index in [1.54, 1.807) is 12.1 Å². The number of nitrogens with zero attached hydrogens (tertiary/aromatic N) is 2. The molecule has 1 aromatic carbocycles. The summed E-state index contributed by atoms with van der Waals surface area (Å²) < 4.78 is 12.4. The van der Waals surface area contributed by atoms with Crippen molar-refractivity contribution in [2.75, 3.05) is 36.6 Å². The van der Waals surface area contributed by atoms with Crippen molar-refractivity contribution in [2.24, 2.45) is 0 Å². The first-order chi connectivity index (χ1) is 14.5. The minimum Gasteiger partial charge on any atom is -0.494 e. The maximum absolute atomic E-state index is 12.4. The van der Waals surface area contributed by atoms with Crippen LogP contribution in [0.5, 0.6) is 11.5 Å². The SMILES string of the molecule is CCCNC(=O)CSc1nnc(SCC(=O)Nc2cc(OCC)ccc2OCC)s1. The molecule has 2 aromatic rings. The van der Waals surface area contributed by atoms with E-state index in [4.69, 9.17) is 9.47 Å². The molecule has 11 heteroatoms. The molecule has 164 valence electrons. The van der Waals surface area contributed by atoms with Gasteiger partial charge in [0, 0.05) is 12.6 Å². The third-order valence-electron chi connectivity index (χ3n) is 3.45. The van der Waals surface area contributed by atoms with E-state index in [1.807, 2.05) is 26.8 Å². The summed E-state index contributed by atoms with van der Waals surface area (Å²) in [4.78, 5) is 24.1. The van der Waals surface area contributed by atoms with Crippen molar-refractivity contribution in [1.82, 2.24) is 15.5 Å². The molecule has 0 atom stereocenters. The van der Waals surface area contributed by atoms with E-state index in [-0.39, 0.29) is 17.6 Å². The predicted molar refractivity (Wildman–Crippen MR) is 122 cm³/mol. The highest BCUT2D eigenvalue weighted by Gasteiger charge is 2.13. The molecule has 0 saturated heterocycles. The summed E-state index contributed by atoms with van der Waals surface area (Å²) in [5.41, 5.74) is 0.569. The van der Waals surface area contributed by atoms with Crippen molar-refractivity contribution >= 4 is 52.4 Å². The Labute approximate surface area is 188 Å². The lowest BCUT2D eigenvalue weighted by Crippen LogP contribution is -2.25. The van der Waals surface area contributed by atoms with Crippen molar-refractivity contribution in [3.8, 4) is 11.5 Å². The Morgan fingerprint density at radius 2 is 1.67 bits per heavy atom. The normalized spacial score (nSPS) is 10.5. The fourth-order valence-electron chi connectivity index (χ4n) is 2.21. The monoisotopic (exact) mass is 470 g/mol. The topological polar surface area (TPSA) is 102 Å². The Morgan fingerprint density at radius 1 is 1.00 bits per heavy atom. The van der Waals surface area contributed by atoms with Gasteiger partial charge < -0.3 is 20.1 Å². The van der Waals surface area contributed by atoms with E-state index in [2.05, 4.69) is 20.8 Å². The Kier molecular flexibility index (Phi) is 10.8. The van der Waals surface area contributed by atoms with Crippen LogP contribution in [0.15, 0.2) is 26.9 Å². The van der Waals surface area contributed by atoms with E-state index in [0.717, 1.165) is 6.42 Å². The van der Waals surface area contributed by atoms with Crippen LogP contribution < -0.4 is 20.1 Å². The van der Waals surface area contributed by atoms with Gasteiger partial charge in [0.05, 0.1) is 30.4 Å². The van der Waals surface area contributed by atoms with Gasteiger partial charge >= 0.3 is 0 Å². The van der Waals surface area contributed by atoms with Crippen LogP contribution in [0.4, 0.5) is 5.69 Å². The number of aromatic nitrogens is 2. The molecule has 0 radical (unpaired) electrons. The molecule has 2 amide bonds. The van der Waals surface area contributed by atoms with Gasteiger partial charge in [0.15, 0.2) is 8.68 Å². The quantitative estimate of drug-likeness (QED) is 0.428. The Morgan fingerprint density at radius 3 is 2.30 bits per heavy atom. The fraction of sp³-hybridized carbons (Fsp3) is 0.474. The molecule has 2 N–H and O–H groups in total. The summed E-state index contributed by atoms with van der Waals surface area (Å²) in [6, 6.07) is 5.34. The maximum atomic E-state index is 12.4. The van der Waals surface area contributed by atoms with Gasteiger partial charge in [-0.3, -0.25) is 9.59 Å². The molecule has 1 aromatic heterocycles. The summed E-state index contributed by atoms with van der Waals surface area (Å²) in [5.74, 6) is 1.53. The molecule has 0 bridgehead atoms. The average Bonchev–Trinajstić information content (AvgIpc) is 3.19. The first kappa shape index (κ1) is 24.3. The van der Waals surface area contributed by atoms with Crippen LogP contribution in [0, 0.1) is 0 Å². The molecule has 0 aliphatic rings. The second-order valence-corrected chi connectivity index (χ2v) is 9.26. The van der Waals surface area contributed by atoms with Crippen LogP contribution >= 0.6 is 34.9 Å². The standard InChI is InChI=1S/C19H26N4O4S3/c1-4-9-20-16(24)11-28-18-22-23-19(30-18)29-12-17(25)21-14-10-13(26-5-2)7-8-15(14)27-6-3/h7-8,10H,4-6,9,11-12H2,1-3H3,(H,20,24)(H,21,25). The second kappa shape index (κ2) is 13.3. The molecular formula is C19H26N4O4S3. The number of anilines is 1. The third kappa shape index (κ3) is 8.41. The molecular weight excluding hydrogens is 444 g/mol. The number of carbonyl (C=O) groups is 2. The van der Waals surface area contributed by atoms with Gasteiger partial charge in [0.2, 0.25) is 11.8 Å². The number of benzene rings is 1. The fourth-order valence-corrected chi connectivity index (χ4v) is 4.86. The molecule has 30 heavy (non-hydrogen) atoms. The molecule has 1 heterocycles. The number of thioether (sulfide) groups is 2. The number of rotatable bonds is 13. The van der Waals surface area contributed by atoms with Gasteiger partial charge in [-0.05, 0) is 32.4 Å². The predicted octanol–water partition coefficient (Wildman–Crippen LogP) is 3.68. The third-order valence-corrected chi connectivity index (χ3v) is 6.64. The second-order valence-electron chi connectivity index (χ2n) is 5.83. The zero-order chi connectivity index (χ0) is 21.8. The zero-order valence-electron chi connectivity index (χ0n) is 17.2. The van der Waals surface area contributed by atoms with Gasteiger partial charge in [-0.1, -0.05) is 41.8 Å². The highest BCUT2D eigenvalue weighted by molar-refractivity contribution is 8.03. The number of amides is 2. The molecule has 0 aliphatic heterocycles. The van der Waals surface area contributed by atoms with Crippen molar-refractivity contribution in [1.29, 1.82) is 0 Å². The van der Waals surface area contributed by atoms with Crippen molar-refractivity contribution in [2.45, 2.75) is 35.9 Å². The highest BCUT2D eigenvalue weighted by atomic mass is 32.2. The summed E-state index contributed by atoms with van der Waals surface area (Å²) in [7, 11) is 0. The van der Waals surface area contributed by atoms with Gasteiger partial charge in [0.25, 0.3) is 0 Å². The summed E-state index contributed by atoms with van der Waals surface area (Å²) >= 11 is 4.00. The van der Waals surface area contributed by atoms with Gasteiger partial charge in [-0.25, -0.2) is 0 Å². The maximum Gasteiger partial charge on any atom is 0.234 e. The molecule has 0 unspecified atom stereocenters. The number of hydrogen-bond donors (Lipinski definition) is 2. The molecule has 0 fully saturated rings. The molecule has 8 nitrogen and oxygen atoms in total. The van der Waals surface area contributed by atoms with E-state index < -0.39 is 0 Å². The molecule has 0 saturated carbocycles. The van der Waals surface area contributed by atoms with Crippen molar-refractivity contribution in [3.63, 3.8) is 0 Å². The molecule has 0 aliphatic carbocycles. The summed E-state index contributed by atoms with van der Waals surface area (Å²) in [6.45, 7) is 7.49. The van der Waals surface area contributed by atoms with Crippen LogP contribution in [0.25, 0.3) is 0 Å². The lowest BCUT2D eigenvalue weighted by molar-refractivity contribution is -0.118. The minimum absolute atomic E-state index is 0.0231. The first-order valence-electron chi connectivity index (χ1n) is 9.60. The van der Waals surface area contributed by atoms with Crippen LogP contribution in [0.2, 0.25) is 0 Å². The van der Waals surface area contributed by atoms with Crippen LogP contribution in [-0.4, -0.2) is 53.3 Å². The van der Waals surface area contributed by atoms with Crippen LogP contribution in [0.3, 0.4) is 0 Å². The van der Waals surface area contributed by atoms with Gasteiger partial charge in [-0.2, -0.15) is 0 Å². The Hall–Kier alpha value is -1.98. The van der Waals surface area contributed by atoms with E-state index in [0.29, 0.717) is 51.4 Å². The molecule has 0 spiro atoms. The Bertz CT molecular complexity index is 832. The van der Waals surface area contributed by atoms with E-state index in [9.17, 15) is 9.59 Å². The van der Waals surface area contributed by atoms with Gasteiger partial charge in [0.1, 0.15) is 11.5 Å². The van der Waals surface area contributed by atoms with Crippen LogP contribution in [0.1, 0.15) is 27.2 Å². The lowest BCUT2D eigenvalue weighted by Gasteiger charge is -2.13. The number of nitrogens with one attached hydrogen (secondary N) is 2. The van der Waals surface area contributed by atoms with Crippen LogP contribution in [-0.2, 0) is 9.59 Å². The van der Waals surface area contributed by atoms with Crippen molar-refractivity contribution < 1.29 is 19.1 Å². The number of carbonyl (C=O) groups excluding carboxylic acids is 2. The highest BCUT2D eigenvalue weighted by Crippen LogP contribution is 2.31. The summed E-state index contributed by atoms with van der Waals surface area (Å²) in [5, 5.41) is 13.8. The zero-order valence-corrected chi connectivity index (χ0v) is 19.7. The first-order valence-corrected chi connectivity index (χ1v) is 12.4. The smallest absolute Gasteiger partial charge is 0.234 e. The lowest BCUT2D eigenvalue weighted by atomic mass is 10.2. The Balaban J connectivity index is 1.85. The summed E-state index contributed by atoms with van der Waals surface area (Å²) in [6.07, 6.45) is 0.903. The van der Waals surface area contributed by atoms with E-state index >= 15 is 0 Å². The average molecular weight is 471 g/mol. The molecule has 2 rings (SSSR count). The number of ether oxygens (including phenoxy) is 2. The number of hydrogen-bond acceptors (Lipinski definition) is 9. The largest absolute Gasteiger partial charge is 0.494 e.